The average Bonchev–Trinajstić information content (AvgIpc) is 3.17. The van der Waals surface area contributed by atoms with E-state index in [0.717, 1.165) is 49.5 Å². The van der Waals surface area contributed by atoms with Crippen LogP contribution in [0.25, 0.3) is 0 Å². The van der Waals surface area contributed by atoms with Gasteiger partial charge in [-0.25, -0.2) is 0 Å². The molecule has 0 bridgehead atoms. The third kappa shape index (κ3) is 3.83. The Morgan fingerprint density at radius 2 is 1.96 bits per heavy atom. The number of carbonyl (C=O) groups excluding carboxylic acids is 1. The maximum absolute atomic E-state index is 12.6. The lowest BCUT2D eigenvalue weighted by Crippen LogP contribution is -2.40. The molecule has 0 radical (unpaired) electrons. The van der Waals surface area contributed by atoms with Crippen LogP contribution < -0.4 is 14.4 Å². The Bertz CT molecular complexity index is 637. The molecule has 1 aromatic rings. The number of amides is 1. The summed E-state index contributed by atoms with van der Waals surface area (Å²) in [4.78, 5) is 16.7. The number of hydrogen-bond acceptors (Lipinski definition) is 5. The predicted molar refractivity (Wildman–Crippen MR) is 96.2 cm³/mol. The van der Waals surface area contributed by atoms with Crippen LogP contribution in [0.4, 0.5) is 5.69 Å². The van der Waals surface area contributed by atoms with E-state index in [1.54, 1.807) is 14.2 Å². The fraction of sp³-hybridized carbons (Fsp3) is 0.526. The molecule has 2 aliphatic rings. The summed E-state index contributed by atoms with van der Waals surface area (Å²) in [5.74, 6) is 2.01. The molecular formula is C19H26N2O4. The molecule has 2 heterocycles. The standard InChI is InChI=1S/C19H26N2O4/c1-20(19(22)18-6-4-5-9-25-18)14-7-8-21(13-14)15-10-16(23-2)12-17(11-15)24-3/h6,10-12,14H,4-5,7-9,13H2,1-3H3. The van der Waals surface area contributed by atoms with E-state index in [4.69, 9.17) is 14.2 Å². The Morgan fingerprint density at radius 3 is 2.56 bits per heavy atom. The van der Waals surface area contributed by atoms with Gasteiger partial charge in [0.1, 0.15) is 11.5 Å². The SMILES string of the molecule is COc1cc(OC)cc(N2CCC(N(C)C(=O)C3=CCCCO3)C2)c1. The summed E-state index contributed by atoms with van der Waals surface area (Å²) in [6.07, 6.45) is 4.72. The van der Waals surface area contributed by atoms with E-state index in [9.17, 15) is 4.79 Å². The normalized spacial score (nSPS) is 19.9. The van der Waals surface area contributed by atoms with Crippen molar-refractivity contribution in [1.29, 1.82) is 0 Å². The lowest BCUT2D eigenvalue weighted by Gasteiger charge is -2.27. The van der Waals surface area contributed by atoms with Gasteiger partial charge in [-0.1, -0.05) is 0 Å². The second kappa shape index (κ2) is 7.68. The molecule has 2 aliphatic heterocycles. The fourth-order valence-electron chi connectivity index (χ4n) is 3.31. The topological polar surface area (TPSA) is 51.2 Å². The van der Waals surface area contributed by atoms with Crippen LogP contribution in [0, 0.1) is 0 Å². The zero-order valence-corrected chi connectivity index (χ0v) is 15.2. The Hall–Kier alpha value is -2.37. The lowest BCUT2D eigenvalue weighted by atomic mass is 10.2. The number of ether oxygens (including phenoxy) is 3. The van der Waals surface area contributed by atoms with Crippen LogP contribution in [0.1, 0.15) is 19.3 Å². The smallest absolute Gasteiger partial charge is 0.288 e. The quantitative estimate of drug-likeness (QED) is 0.820. The molecule has 0 spiro atoms. The van der Waals surface area contributed by atoms with Gasteiger partial charge >= 0.3 is 0 Å². The van der Waals surface area contributed by atoms with E-state index in [0.29, 0.717) is 12.4 Å². The summed E-state index contributed by atoms with van der Waals surface area (Å²) < 4.78 is 16.2. The van der Waals surface area contributed by atoms with Crippen molar-refractivity contribution in [2.75, 3.05) is 45.9 Å². The molecule has 1 aromatic carbocycles. The molecule has 1 saturated heterocycles. The van der Waals surface area contributed by atoms with E-state index in [1.165, 1.54) is 0 Å². The molecule has 1 unspecified atom stereocenters. The summed E-state index contributed by atoms with van der Waals surface area (Å²) in [7, 11) is 5.16. The van der Waals surface area contributed by atoms with Crippen LogP contribution in [-0.2, 0) is 9.53 Å². The summed E-state index contributed by atoms with van der Waals surface area (Å²) in [6.45, 7) is 2.30. The Labute approximate surface area is 148 Å². The van der Waals surface area contributed by atoms with E-state index < -0.39 is 0 Å². The highest BCUT2D eigenvalue weighted by atomic mass is 16.5. The largest absolute Gasteiger partial charge is 0.497 e. The van der Waals surface area contributed by atoms with Crippen LogP contribution in [0.3, 0.4) is 0 Å². The predicted octanol–water partition coefficient (Wildman–Crippen LogP) is 2.44. The lowest BCUT2D eigenvalue weighted by molar-refractivity contribution is -0.131. The van der Waals surface area contributed by atoms with Gasteiger partial charge in [-0.05, 0) is 25.3 Å². The minimum Gasteiger partial charge on any atom is -0.497 e. The van der Waals surface area contributed by atoms with Crippen molar-refractivity contribution >= 4 is 11.6 Å². The second-order valence-electron chi connectivity index (χ2n) is 6.43. The van der Waals surface area contributed by atoms with Gasteiger partial charge in [-0.2, -0.15) is 0 Å². The summed E-state index contributed by atoms with van der Waals surface area (Å²) in [6, 6.07) is 6.02. The van der Waals surface area contributed by atoms with Crippen molar-refractivity contribution in [2.45, 2.75) is 25.3 Å². The second-order valence-corrected chi connectivity index (χ2v) is 6.43. The van der Waals surface area contributed by atoms with Gasteiger partial charge in [0, 0.05) is 44.0 Å². The number of likely N-dealkylation sites (N-methyl/N-ethyl adjacent to an activating group) is 1. The highest BCUT2D eigenvalue weighted by Crippen LogP contribution is 2.31. The van der Waals surface area contributed by atoms with Crippen molar-refractivity contribution in [3.05, 3.63) is 30.0 Å². The number of benzene rings is 1. The molecule has 1 amide bonds. The molecule has 0 saturated carbocycles. The van der Waals surface area contributed by atoms with Gasteiger partial charge < -0.3 is 24.0 Å². The molecule has 1 fully saturated rings. The molecule has 0 aliphatic carbocycles. The number of carbonyl (C=O) groups is 1. The highest BCUT2D eigenvalue weighted by molar-refractivity contribution is 5.91. The van der Waals surface area contributed by atoms with Gasteiger partial charge in [0.2, 0.25) is 0 Å². The first-order valence-corrected chi connectivity index (χ1v) is 8.70. The third-order valence-corrected chi connectivity index (χ3v) is 4.88. The summed E-state index contributed by atoms with van der Waals surface area (Å²) >= 11 is 0. The third-order valence-electron chi connectivity index (χ3n) is 4.88. The van der Waals surface area contributed by atoms with Crippen molar-refractivity contribution in [1.82, 2.24) is 4.90 Å². The van der Waals surface area contributed by atoms with Crippen LogP contribution in [-0.4, -0.2) is 57.8 Å². The van der Waals surface area contributed by atoms with Gasteiger partial charge in [-0.15, -0.1) is 0 Å². The molecule has 136 valence electrons. The van der Waals surface area contributed by atoms with Crippen molar-refractivity contribution < 1.29 is 19.0 Å². The Morgan fingerprint density at radius 1 is 1.24 bits per heavy atom. The number of anilines is 1. The summed E-state index contributed by atoms with van der Waals surface area (Å²) in [5.41, 5.74) is 1.05. The van der Waals surface area contributed by atoms with Gasteiger partial charge in [0.15, 0.2) is 5.76 Å². The minimum atomic E-state index is -0.0187. The van der Waals surface area contributed by atoms with E-state index in [1.807, 2.05) is 36.2 Å². The first kappa shape index (κ1) is 17.5. The van der Waals surface area contributed by atoms with Gasteiger partial charge in [-0.3, -0.25) is 4.79 Å². The molecule has 1 atom stereocenters. The maximum atomic E-state index is 12.6. The number of methoxy groups -OCH3 is 2. The number of hydrogen-bond donors (Lipinski definition) is 0. The molecule has 0 N–H and O–H groups in total. The van der Waals surface area contributed by atoms with Crippen molar-refractivity contribution in [2.24, 2.45) is 0 Å². The number of nitrogens with zero attached hydrogens (tertiary/aromatic N) is 2. The van der Waals surface area contributed by atoms with Crippen LogP contribution in [0.2, 0.25) is 0 Å². The minimum absolute atomic E-state index is 0.0187. The van der Waals surface area contributed by atoms with E-state index in [2.05, 4.69) is 4.90 Å². The van der Waals surface area contributed by atoms with Crippen molar-refractivity contribution in [3.8, 4) is 11.5 Å². The number of rotatable bonds is 5. The van der Waals surface area contributed by atoms with Crippen LogP contribution in [0.15, 0.2) is 30.0 Å². The van der Waals surface area contributed by atoms with E-state index in [-0.39, 0.29) is 11.9 Å². The zero-order valence-electron chi connectivity index (χ0n) is 15.2. The first-order valence-electron chi connectivity index (χ1n) is 8.70. The first-order chi connectivity index (χ1) is 12.1. The van der Waals surface area contributed by atoms with Crippen LogP contribution in [0.5, 0.6) is 11.5 Å². The van der Waals surface area contributed by atoms with Crippen molar-refractivity contribution in [3.63, 3.8) is 0 Å². The molecule has 6 nitrogen and oxygen atoms in total. The zero-order chi connectivity index (χ0) is 17.8. The molecule has 0 aromatic heterocycles. The maximum Gasteiger partial charge on any atom is 0.288 e. The van der Waals surface area contributed by atoms with Crippen LogP contribution >= 0.6 is 0 Å². The monoisotopic (exact) mass is 346 g/mol. The summed E-state index contributed by atoms with van der Waals surface area (Å²) in [5, 5.41) is 0. The molecule has 25 heavy (non-hydrogen) atoms. The molecule has 3 rings (SSSR count). The van der Waals surface area contributed by atoms with E-state index >= 15 is 0 Å². The van der Waals surface area contributed by atoms with Gasteiger partial charge in [0.05, 0.1) is 26.9 Å². The molecule has 6 heteroatoms. The molecular weight excluding hydrogens is 320 g/mol. The highest BCUT2D eigenvalue weighted by Gasteiger charge is 2.31. The average molecular weight is 346 g/mol. The fourth-order valence-corrected chi connectivity index (χ4v) is 3.31. The Balaban J connectivity index is 1.69. The Kier molecular flexibility index (Phi) is 5.36. The number of allylic oxidation sites excluding steroid dienone is 1. The van der Waals surface area contributed by atoms with Gasteiger partial charge in [0.25, 0.3) is 5.91 Å².